The largest absolute Gasteiger partial charge is 0.497 e. The van der Waals surface area contributed by atoms with Gasteiger partial charge >= 0.3 is 0 Å². The molecule has 0 spiro atoms. The fraction of sp³-hybridized carbons (Fsp3) is 0.345. The highest BCUT2D eigenvalue weighted by Crippen LogP contribution is 2.45. The Morgan fingerprint density at radius 1 is 1.17 bits per heavy atom. The summed E-state index contributed by atoms with van der Waals surface area (Å²) in [5, 5.41) is 0.813. The topological polar surface area (TPSA) is 71.1 Å². The number of carbonyl (C=O) groups excluding carboxylic acids is 1. The van der Waals surface area contributed by atoms with Crippen LogP contribution < -0.4 is 9.64 Å². The molecule has 5 rings (SSSR count). The van der Waals surface area contributed by atoms with E-state index in [1.165, 1.54) is 22.9 Å². The second-order valence-corrected chi connectivity index (χ2v) is 11.3. The van der Waals surface area contributed by atoms with Crippen LogP contribution in [0.1, 0.15) is 49.8 Å². The molecule has 1 atom stereocenters. The summed E-state index contributed by atoms with van der Waals surface area (Å²) in [6, 6.07) is 14.2. The number of imidazole rings is 1. The van der Waals surface area contributed by atoms with Gasteiger partial charge in [0, 0.05) is 23.0 Å². The lowest BCUT2D eigenvalue weighted by Gasteiger charge is -2.46. The number of nitrogens with zero attached hydrogens (tertiary/aromatic N) is 3. The lowest BCUT2D eigenvalue weighted by molar-refractivity contribution is -0.117. The van der Waals surface area contributed by atoms with E-state index < -0.39 is 0 Å². The second kappa shape index (κ2) is 9.28. The molecule has 0 radical (unpaired) electrons. The minimum atomic E-state index is -0.270. The lowest BCUT2D eigenvalue weighted by Crippen LogP contribution is -2.52. The monoisotopic (exact) mass is 500 g/mol. The molecule has 186 valence electrons. The Labute approximate surface area is 216 Å². The Kier molecular flexibility index (Phi) is 6.29. The van der Waals surface area contributed by atoms with Gasteiger partial charge in [-0.1, -0.05) is 18.7 Å². The smallest absolute Gasteiger partial charge is 0.237 e. The SMILES string of the molecule is COc1ccc2c(c1)[C@@H](C)CC(C)(C)N2C(=O)CSc1ccc(-c2nc3cc(C)c(C)cc3[nH]2)cn1. The van der Waals surface area contributed by atoms with Crippen LogP contribution in [-0.2, 0) is 4.79 Å². The van der Waals surface area contributed by atoms with E-state index >= 15 is 0 Å². The Bertz CT molecular complexity index is 1400. The van der Waals surface area contributed by atoms with Crippen LogP contribution in [0.4, 0.5) is 5.69 Å². The first-order valence-corrected chi connectivity index (χ1v) is 13.2. The Balaban J connectivity index is 1.32. The molecule has 0 aliphatic carbocycles. The molecule has 0 fully saturated rings. The van der Waals surface area contributed by atoms with Crippen molar-refractivity contribution >= 4 is 34.4 Å². The molecule has 1 aliphatic rings. The predicted octanol–water partition coefficient (Wildman–Crippen LogP) is 6.66. The highest BCUT2D eigenvalue weighted by atomic mass is 32.2. The molecule has 0 unspecified atom stereocenters. The van der Waals surface area contributed by atoms with Crippen LogP contribution in [0, 0.1) is 13.8 Å². The highest BCUT2D eigenvalue weighted by molar-refractivity contribution is 7.99. The van der Waals surface area contributed by atoms with Crippen LogP contribution in [-0.4, -0.2) is 39.3 Å². The number of H-pyrrole nitrogens is 1. The fourth-order valence-electron chi connectivity index (χ4n) is 5.22. The van der Waals surface area contributed by atoms with Crippen LogP contribution in [0.5, 0.6) is 5.75 Å². The minimum absolute atomic E-state index is 0.0808. The van der Waals surface area contributed by atoms with E-state index in [0.29, 0.717) is 11.7 Å². The van der Waals surface area contributed by atoms with Crippen molar-refractivity contribution in [2.45, 2.75) is 57.5 Å². The molecule has 36 heavy (non-hydrogen) atoms. The Morgan fingerprint density at radius 2 is 1.94 bits per heavy atom. The quantitative estimate of drug-likeness (QED) is 0.310. The van der Waals surface area contributed by atoms with Crippen molar-refractivity contribution in [3.63, 3.8) is 0 Å². The number of amides is 1. The van der Waals surface area contributed by atoms with Crippen LogP contribution in [0.25, 0.3) is 22.4 Å². The molecule has 4 aromatic rings. The zero-order valence-corrected chi connectivity index (χ0v) is 22.5. The highest BCUT2D eigenvalue weighted by Gasteiger charge is 2.39. The van der Waals surface area contributed by atoms with Gasteiger partial charge in [-0.05, 0) is 99.2 Å². The zero-order valence-electron chi connectivity index (χ0n) is 21.7. The number of anilines is 1. The van der Waals surface area contributed by atoms with Gasteiger partial charge in [-0.2, -0.15) is 0 Å². The number of rotatable bonds is 5. The summed E-state index contributed by atoms with van der Waals surface area (Å²) >= 11 is 1.46. The molecule has 2 aromatic heterocycles. The number of aromatic amines is 1. The number of fused-ring (bicyclic) bond motifs is 2. The third-order valence-corrected chi connectivity index (χ3v) is 8.05. The van der Waals surface area contributed by atoms with Crippen LogP contribution >= 0.6 is 11.8 Å². The Hall–Kier alpha value is -3.32. The van der Waals surface area contributed by atoms with Gasteiger partial charge < -0.3 is 14.6 Å². The summed E-state index contributed by atoms with van der Waals surface area (Å²) in [6.07, 6.45) is 2.71. The van der Waals surface area contributed by atoms with Gasteiger partial charge in [0.2, 0.25) is 5.91 Å². The van der Waals surface area contributed by atoms with Gasteiger partial charge in [0.05, 0.1) is 28.9 Å². The van der Waals surface area contributed by atoms with E-state index in [-0.39, 0.29) is 11.4 Å². The summed E-state index contributed by atoms with van der Waals surface area (Å²) in [5.41, 5.74) is 7.22. The number of pyridine rings is 1. The molecule has 0 bridgehead atoms. The fourth-order valence-corrected chi connectivity index (χ4v) is 5.91. The number of thioether (sulfide) groups is 1. The maximum absolute atomic E-state index is 13.5. The molecule has 0 saturated carbocycles. The second-order valence-electron chi connectivity index (χ2n) is 10.3. The van der Waals surface area contributed by atoms with Gasteiger partial charge in [-0.3, -0.25) is 4.79 Å². The maximum atomic E-state index is 13.5. The number of carbonyl (C=O) groups is 1. The van der Waals surface area contributed by atoms with Gasteiger partial charge in [0.15, 0.2) is 0 Å². The van der Waals surface area contributed by atoms with E-state index in [1.54, 1.807) is 7.11 Å². The van der Waals surface area contributed by atoms with Crippen LogP contribution in [0.15, 0.2) is 53.7 Å². The van der Waals surface area contributed by atoms with Gasteiger partial charge in [0.25, 0.3) is 0 Å². The van der Waals surface area contributed by atoms with Crippen molar-refractivity contribution in [1.82, 2.24) is 15.0 Å². The third kappa shape index (κ3) is 4.48. The molecule has 2 aromatic carbocycles. The van der Waals surface area contributed by atoms with Gasteiger partial charge in [-0.15, -0.1) is 0 Å². The van der Waals surface area contributed by atoms with Crippen molar-refractivity contribution < 1.29 is 9.53 Å². The number of benzene rings is 2. The Morgan fingerprint density at radius 3 is 2.67 bits per heavy atom. The van der Waals surface area contributed by atoms with Crippen molar-refractivity contribution in [3.8, 4) is 17.1 Å². The summed E-state index contributed by atoms with van der Waals surface area (Å²) in [7, 11) is 1.67. The first kappa shape index (κ1) is 24.4. The molecule has 7 heteroatoms. The van der Waals surface area contributed by atoms with Crippen molar-refractivity contribution in [2.75, 3.05) is 17.8 Å². The standard InChI is InChI=1S/C29H32N4O2S/c1-17-11-23-24(12-18(17)2)32-28(31-23)20-7-10-26(30-15-20)36-16-27(34)33-25-9-8-21(35-6)13-22(25)19(3)14-29(33,4)5/h7-13,15,19H,14,16H2,1-6H3,(H,31,32)/t19-/m0/s1. The van der Waals surface area contributed by atoms with Crippen molar-refractivity contribution in [2.24, 2.45) is 0 Å². The molecule has 1 aliphatic heterocycles. The van der Waals surface area contributed by atoms with E-state index in [9.17, 15) is 4.79 Å². The molecular weight excluding hydrogens is 468 g/mol. The molecule has 0 saturated heterocycles. The zero-order chi connectivity index (χ0) is 25.6. The summed E-state index contributed by atoms with van der Waals surface area (Å²) in [5.74, 6) is 2.37. The minimum Gasteiger partial charge on any atom is -0.497 e. The van der Waals surface area contributed by atoms with Gasteiger partial charge in [0.1, 0.15) is 11.6 Å². The summed E-state index contributed by atoms with van der Waals surface area (Å²) < 4.78 is 5.43. The first-order chi connectivity index (χ1) is 17.2. The number of methoxy groups -OCH3 is 1. The molecule has 3 heterocycles. The number of hydrogen-bond acceptors (Lipinski definition) is 5. The van der Waals surface area contributed by atoms with E-state index in [2.05, 4.69) is 62.8 Å². The number of ether oxygens (including phenoxy) is 1. The molecular formula is C29H32N4O2S. The van der Waals surface area contributed by atoms with E-state index in [0.717, 1.165) is 50.9 Å². The molecule has 6 nitrogen and oxygen atoms in total. The molecule has 1 amide bonds. The average Bonchev–Trinajstić information content (AvgIpc) is 3.25. The van der Waals surface area contributed by atoms with Crippen molar-refractivity contribution in [3.05, 3.63) is 65.4 Å². The van der Waals surface area contributed by atoms with E-state index in [4.69, 9.17) is 9.72 Å². The van der Waals surface area contributed by atoms with Crippen LogP contribution in [0.3, 0.4) is 0 Å². The number of aryl methyl sites for hydroxylation is 2. The number of hydrogen-bond donors (Lipinski definition) is 1. The molecule has 1 N–H and O–H groups in total. The first-order valence-electron chi connectivity index (χ1n) is 12.2. The number of nitrogens with one attached hydrogen (secondary N) is 1. The van der Waals surface area contributed by atoms with Crippen molar-refractivity contribution in [1.29, 1.82) is 0 Å². The number of aromatic nitrogens is 3. The summed E-state index contributed by atoms with van der Waals surface area (Å²) in [4.78, 5) is 28.2. The third-order valence-electron chi connectivity index (χ3n) is 7.12. The maximum Gasteiger partial charge on any atom is 0.237 e. The predicted molar refractivity (Wildman–Crippen MR) is 147 cm³/mol. The average molecular weight is 501 g/mol. The normalized spacial score (nSPS) is 16.7. The summed E-state index contributed by atoms with van der Waals surface area (Å²) in [6.45, 7) is 10.7. The van der Waals surface area contributed by atoms with Crippen LogP contribution in [0.2, 0.25) is 0 Å². The lowest BCUT2D eigenvalue weighted by atomic mass is 9.80. The van der Waals surface area contributed by atoms with E-state index in [1.807, 2.05) is 35.4 Å². The van der Waals surface area contributed by atoms with Gasteiger partial charge in [-0.25, -0.2) is 9.97 Å².